The maximum atomic E-state index is 5.41. The van der Waals surface area contributed by atoms with E-state index in [1.165, 1.54) is 18.4 Å². The molecule has 112 valence electrons. The van der Waals surface area contributed by atoms with Crippen LogP contribution in [0, 0.1) is 5.92 Å². The minimum absolute atomic E-state index is 0.739. The van der Waals surface area contributed by atoms with Crippen molar-refractivity contribution in [2.24, 2.45) is 5.92 Å². The van der Waals surface area contributed by atoms with Crippen molar-refractivity contribution in [1.82, 2.24) is 4.90 Å². The third kappa shape index (κ3) is 4.12. The van der Waals surface area contributed by atoms with E-state index < -0.39 is 0 Å². The van der Waals surface area contributed by atoms with Crippen LogP contribution in [0.5, 0.6) is 11.5 Å². The van der Waals surface area contributed by atoms with Gasteiger partial charge in [-0.2, -0.15) is 0 Å². The topological polar surface area (TPSA) is 30.9 Å². The average Bonchev–Trinajstić information content (AvgIpc) is 2.98. The van der Waals surface area contributed by atoms with Gasteiger partial charge in [-0.05, 0) is 50.0 Å². The fraction of sp³-hybridized carbons (Fsp3) is 0.625. The van der Waals surface area contributed by atoms with Gasteiger partial charge >= 0.3 is 0 Å². The Morgan fingerprint density at radius 3 is 2.70 bits per heavy atom. The zero-order valence-corrected chi connectivity index (χ0v) is 12.7. The minimum Gasteiger partial charge on any atom is -0.493 e. The molecule has 1 aliphatic heterocycles. The van der Waals surface area contributed by atoms with E-state index in [1.807, 2.05) is 12.1 Å². The van der Waals surface area contributed by atoms with Crippen molar-refractivity contribution < 1.29 is 14.2 Å². The average molecular weight is 279 g/mol. The summed E-state index contributed by atoms with van der Waals surface area (Å²) in [7, 11) is 5.49. The van der Waals surface area contributed by atoms with Crippen molar-refractivity contribution in [2.75, 3.05) is 41.0 Å². The molecular formula is C16H25NO3. The second kappa shape index (κ2) is 7.50. The van der Waals surface area contributed by atoms with Crippen LogP contribution in [0.15, 0.2) is 18.2 Å². The number of hydrogen-bond donors (Lipinski definition) is 0. The number of rotatable bonds is 7. The molecule has 2 rings (SSSR count). The van der Waals surface area contributed by atoms with Crippen LogP contribution >= 0.6 is 0 Å². The highest BCUT2D eigenvalue weighted by Gasteiger charge is 2.16. The summed E-state index contributed by atoms with van der Waals surface area (Å²) in [6.45, 7) is 3.89. The van der Waals surface area contributed by atoms with Gasteiger partial charge in [-0.25, -0.2) is 0 Å². The van der Waals surface area contributed by atoms with Crippen LogP contribution in [-0.2, 0) is 11.3 Å². The van der Waals surface area contributed by atoms with Gasteiger partial charge in [-0.3, -0.25) is 0 Å². The van der Waals surface area contributed by atoms with Crippen LogP contribution in [0.3, 0.4) is 0 Å². The SMILES string of the molecule is COc1ccc(CN(C)CC[C@H]2CCOC2)cc1OC. The Kier molecular flexibility index (Phi) is 5.68. The lowest BCUT2D eigenvalue weighted by molar-refractivity contribution is 0.180. The molecule has 0 N–H and O–H groups in total. The highest BCUT2D eigenvalue weighted by molar-refractivity contribution is 5.42. The molecular weight excluding hydrogens is 254 g/mol. The molecule has 1 fully saturated rings. The smallest absolute Gasteiger partial charge is 0.161 e. The predicted molar refractivity (Wildman–Crippen MR) is 79.4 cm³/mol. The predicted octanol–water partition coefficient (Wildman–Crippen LogP) is 2.56. The zero-order chi connectivity index (χ0) is 14.4. The van der Waals surface area contributed by atoms with E-state index in [1.54, 1.807) is 14.2 Å². The zero-order valence-electron chi connectivity index (χ0n) is 12.7. The molecule has 0 unspecified atom stereocenters. The Morgan fingerprint density at radius 1 is 1.25 bits per heavy atom. The second-order valence-corrected chi connectivity index (χ2v) is 5.45. The maximum Gasteiger partial charge on any atom is 0.161 e. The summed E-state index contributed by atoms with van der Waals surface area (Å²) < 4.78 is 16.0. The first-order valence-corrected chi connectivity index (χ1v) is 7.20. The summed E-state index contributed by atoms with van der Waals surface area (Å²) in [4.78, 5) is 2.35. The fourth-order valence-electron chi connectivity index (χ4n) is 2.58. The van der Waals surface area contributed by atoms with Crippen LogP contribution in [0.25, 0.3) is 0 Å². The molecule has 1 aliphatic rings. The van der Waals surface area contributed by atoms with E-state index in [0.29, 0.717) is 0 Å². The van der Waals surface area contributed by atoms with Crippen molar-refractivity contribution >= 4 is 0 Å². The Labute approximate surface area is 121 Å². The molecule has 0 saturated carbocycles. The van der Waals surface area contributed by atoms with Crippen LogP contribution in [0.4, 0.5) is 0 Å². The van der Waals surface area contributed by atoms with Gasteiger partial charge in [0.05, 0.1) is 14.2 Å². The maximum absolute atomic E-state index is 5.41. The second-order valence-electron chi connectivity index (χ2n) is 5.45. The highest BCUT2D eigenvalue weighted by Crippen LogP contribution is 2.28. The van der Waals surface area contributed by atoms with Crippen LogP contribution in [0.1, 0.15) is 18.4 Å². The van der Waals surface area contributed by atoms with Gasteiger partial charge in [-0.1, -0.05) is 6.07 Å². The molecule has 1 aromatic carbocycles. The highest BCUT2D eigenvalue weighted by atomic mass is 16.5. The third-order valence-electron chi connectivity index (χ3n) is 3.84. The molecule has 1 atom stereocenters. The molecule has 0 aliphatic carbocycles. The Balaban J connectivity index is 1.85. The molecule has 4 nitrogen and oxygen atoms in total. The lowest BCUT2D eigenvalue weighted by atomic mass is 10.0. The Bertz CT molecular complexity index is 416. The van der Waals surface area contributed by atoms with E-state index in [9.17, 15) is 0 Å². The summed E-state index contributed by atoms with van der Waals surface area (Å²) in [6.07, 6.45) is 2.42. The minimum atomic E-state index is 0.739. The molecule has 20 heavy (non-hydrogen) atoms. The monoisotopic (exact) mass is 279 g/mol. The Morgan fingerprint density at radius 2 is 2.05 bits per heavy atom. The van der Waals surface area contributed by atoms with Gasteiger partial charge in [0.2, 0.25) is 0 Å². The van der Waals surface area contributed by atoms with Gasteiger partial charge in [0.15, 0.2) is 11.5 Å². The van der Waals surface area contributed by atoms with Gasteiger partial charge in [0.25, 0.3) is 0 Å². The molecule has 0 aromatic heterocycles. The van der Waals surface area contributed by atoms with Crippen LogP contribution in [0.2, 0.25) is 0 Å². The van der Waals surface area contributed by atoms with Crippen molar-refractivity contribution in [3.63, 3.8) is 0 Å². The fourth-order valence-corrected chi connectivity index (χ4v) is 2.58. The van der Waals surface area contributed by atoms with Gasteiger partial charge in [0.1, 0.15) is 0 Å². The van der Waals surface area contributed by atoms with E-state index in [4.69, 9.17) is 14.2 Å². The lowest BCUT2D eigenvalue weighted by Gasteiger charge is -2.19. The molecule has 0 bridgehead atoms. The van der Waals surface area contributed by atoms with Crippen molar-refractivity contribution in [1.29, 1.82) is 0 Å². The van der Waals surface area contributed by atoms with Crippen LogP contribution in [-0.4, -0.2) is 45.9 Å². The molecule has 1 saturated heterocycles. The lowest BCUT2D eigenvalue weighted by Crippen LogP contribution is -2.21. The first-order chi connectivity index (χ1) is 9.72. The third-order valence-corrected chi connectivity index (χ3v) is 3.84. The summed E-state index contributed by atoms with van der Waals surface area (Å²) in [5.41, 5.74) is 1.24. The van der Waals surface area contributed by atoms with E-state index in [0.717, 1.165) is 43.7 Å². The molecule has 0 spiro atoms. The standard InChI is InChI=1S/C16H25NO3/c1-17(8-6-13-7-9-20-12-13)11-14-4-5-15(18-2)16(10-14)19-3/h4-5,10,13H,6-9,11-12H2,1-3H3/t13-/m0/s1. The van der Waals surface area contributed by atoms with E-state index in [2.05, 4.69) is 18.0 Å². The summed E-state index contributed by atoms with van der Waals surface area (Å²) in [5, 5.41) is 0. The molecule has 1 heterocycles. The normalized spacial score (nSPS) is 18.5. The number of nitrogens with zero attached hydrogens (tertiary/aromatic N) is 1. The first-order valence-electron chi connectivity index (χ1n) is 7.20. The molecule has 0 amide bonds. The molecule has 0 radical (unpaired) electrons. The first kappa shape index (κ1) is 15.1. The summed E-state index contributed by atoms with van der Waals surface area (Å²) in [5.74, 6) is 2.31. The largest absolute Gasteiger partial charge is 0.493 e. The number of benzene rings is 1. The number of ether oxygens (including phenoxy) is 3. The van der Waals surface area contributed by atoms with Crippen LogP contribution < -0.4 is 9.47 Å². The quantitative estimate of drug-likeness (QED) is 0.767. The van der Waals surface area contributed by atoms with Gasteiger partial charge in [0, 0.05) is 19.8 Å². The summed E-state index contributed by atoms with van der Waals surface area (Å²) >= 11 is 0. The van der Waals surface area contributed by atoms with E-state index >= 15 is 0 Å². The number of hydrogen-bond acceptors (Lipinski definition) is 4. The van der Waals surface area contributed by atoms with Crippen molar-refractivity contribution in [2.45, 2.75) is 19.4 Å². The number of methoxy groups -OCH3 is 2. The molecule has 4 heteroatoms. The van der Waals surface area contributed by atoms with Gasteiger partial charge in [-0.15, -0.1) is 0 Å². The molecule has 1 aromatic rings. The summed E-state index contributed by atoms with van der Waals surface area (Å²) in [6, 6.07) is 6.11. The van der Waals surface area contributed by atoms with Crippen molar-refractivity contribution in [3.05, 3.63) is 23.8 Å². The Hall–Kier alpha value is -1.26. The van der Waals surface area contributed by atoms with Crippen molar-refractivity contribution in [3.8, 4) is 11.5 Å². The van der Waals surface area contributed by atoms with Gasteiger partial charge < -0.3 is 19.1 Å². The van der Waals surface area contributed by atoms with E-state index in [-0.39, 0.29) is 0 Å².